The van der Waals surface area contributed by atoms with Crippen molar-refractivity contribution in [3.63, 3.8) is 0 Å². The van der Waals surface area contributed by atoms with Crippen LogP contribution in [0.4, 0.5) is 0 Å². The third kappa shape index (κ3) is 4.99. The summed E-state index contributed by atoms with van der Waals surface area (Å²) in [6, 6.07) is 0. The molecular formula is H2O4PZr. The number of hydrogen-bond acceptors (Lipinski definition) is 2. The number of rotatable bonds is 1. The van der Waals surface area contributed by atoms with E-state index >= 15 is 0 Å². The third-order valence-corrected chi connectivity index (χ3v) is 2.11. The molecule has 0 rings (SSSR count). The van der Waals surface area contributed by atoms with E-state index in [2.05, 4.69) is 2.60 Å². The summed E-state index contributed by atoms with van der Waals surface area (Å²) in [5.74, 6) is 0. The molecule has 0 unspecified atom stereocenters. The van der Waals surface area contributed by atoms with Gasteiger partial charge in [-0.2, -0.15) is 0 Å². The molecule has 35 valence electrons. The topological polar surface area (TPSA) is 66.8 Å². The van der Waals surface area contributed by atoms with Crippen LogP contribution >= 0.6 is 7.82 Å². The summed E-state index contributed by atoms with van der Waals surface area (Å²) in [6.07, 6.45) is 0. The van der Waals surface area contributed by atoms with Crippen molar-refractivity contribution in [3.05, 3.63) is 0 Å². The van der Waals surface area contributed by atoms with Gasteiger partial charge in [-0.25, -0.2) is 0 Å². The van der Waals surface area contributed by atoms with E-state index < -0.39 is 7.82 Å². The van der Waals surface area contributed by atoms with Crippen LogP contribution in [0.3, 0.4) is 0 Å². The zero-order valence-corrected chi connectivity index (χ0v) is 6.01. The molecule has 0 fully saturated rings. The zero-order chi connectivity index (χ0) is 5.21. The molecule has 4 nitrogen and oxygen atoms in total. The Labute approximate surface area is 50.2 Å². The molecule has 0 saturated carbocycles. The maximum atomic E-state index is 9.49. The van der Waals surface area contributed by atoms with Crippen molar-refractivity contribution in [2.45, 2.75) is 0 Å². The van der Waals surface area contributed by atoms with Crippen LogP contribution in [-0.4, -0.2) is 9.79 Å². The van der Waals surface area contributed by atoms with Crippen LogP contribution in [0, 0.1) is 0 Å². The molecule has 0 atom stereocenters. The summed E-state index contributed by atoms with van der Waals surface area (Å²) in [7, 11) is -4.11. The first-order chi connectivity index (χ1) is 2.56. The van der Waals surface area contributed by atoms with Gasteiger partial charge >= 0.3 is 49.9 Å². The summed E-state index contributed by atoms with van der Waals surface area (Å²) in [4.78, 5) is 15.5. The maximum absolute atomic E-state index is 9.49. The fraction of sp³-hybridized carbons (Fsp3) is 0. The molecule has 0 bridgehead atoms. The van der Waals surface area contributed by atoms with Gasteiger partial charge in [0.05, 0.1) is 0 Å². The van der Waals surface area contributed by atoms with Gasteiger partial charge in [-0.1, -0.05) is 0 Å². The zero-order valence-electron chi connectivity index (χ0n) is 2.66. The van der Waals surface area contributed by atoms with Crippen LogP contribution in [-0.2, 0) is 32.3 Å². The van der Waals surface area contributed by atoms with Crippen LogP contribution < -0.4 is 0 Å². The monoisotopic (exact) mass is 187 g/mol. The van der Waals surface area contributed by atoms with E-state index in [4.69, 9.17) is 9.79 Å². The van der Waals surface area contributed by atoms with Crippen molar-refractivity contribution in [1.29, 1.82) is 0 Å². The summed E-state index contributed by atoms with van der Waals surface area (Å²) in [6.45, 7) is 0. The van der Waals surface area contributed by atoms with Crippen molar-refractivity contribution < 1.29 is 42.1 Å². The second kappa shape index (κ2) is 2.34. The third-order valence-electron chi connectivity index (χ3n) is 0.119. The second-order valence-corrected chi connectivity index (χ2v) is 3.09. The number of phosphoric acid groups is 1. The van der Waals surface area contributed by atoms with Crippen molar-refractivity contribution in [2.75, 3.05) is 0 Å². The molecule has 0 aliphatic carbocycles. The molecular weight excluding hydrogens is 186 g/mol. The fourth-order valence-electron chi connectivity index (χ4n) is 0. The fourth-order valence-corrected chi connectivity index (χ4v) is 0. The summed E-state index contributed by atoms with van der Waals surface area (Å²) in [5, 5.41) is 0. The average Bonchev–Trinajstić information content (AvgIpc) is 1.35. The van der Waals surface area contributed by atoms with E-state index in [0.717, 1.165) is 0 Å². The molecule has 0 aromatic carbocycles. The van der Waals surface area contributed by atoms with Crippen LogP contribution in [0.15, 0.2) is 0 Å². The Hall–Kier alpha value is 0.993. The molecule has 6 heavy (non-hydrogen) atoms. The first-order valence-electron chi connectivity index (χ1n) is 0.969. The van der Waals surface area contributed by atoms with Crippen molar-refractivity contribution in [2.24, 2.45) is 0 Å². The van der Waals surface area contributed by atoms with E-state index in [1.807, 2.05) is 0 Å². The van der Waals surface area contributed by atoms with Gasteiger partial charge in [0.25, 0.3) is 0 Å². The van der Waals surface area contributed by atoms with Crippen molar-refractivity contribution in [1.82, 2.24) is 0 Å². The van der Waals surface area contributed by atoms with Crippen LogP contribution in [0.5, 0.6) is 0 Å². The van der Waals surface area contributed by atoms with Gasteiger partial charge in [0, 0.05) is 0 Å². The molecule has 0 aliphatic heterocycles. The van der Waals surface area contributed by atoms with E-state index in [1.165, 1.54) is 0 Å². The first-order valence-corrected chi connectivity index (χ1v) is 3.50. The molecule has 0 heterocycles. The Bertz CT molecular complexity index is 71.6. The molecule has 0 radical (unpaired) electrons. The van der Waals surface area contributed by atoms with Gasteiger partial charge in [0.2, 0.25) is 0 Å². The van der Waals surface area contributed by atoms with E-state index in [0.29, 0.717) is 25.2 Å². The standard InChI is InChI=1S/H3O4P.Zr/c1-5(2,3)4;/h(H3,1,2,3,4);/q;+1/p-1. The van der Waals surface area contributed by atoms with Crippen molar-refractivity contribution >= 4 is 7.82 Å². The Kier molecular flexibility index (Phi) is 2.73. The van der Waals surface area contributed by atoms with Gasteiger partial charge in [-0.3, -0.25) is 0 Å². The normalized spacial score (nSPS) is 11.5. The minimum atomic E-state index is -4.11. The predicted octanol–water partition coefficient (Wildman–Crippen LogP) is -0.443. The Morgan fingerprint density at radius 2 is 1.83 bits per heavy atom. The molecule has 2 N–H and O–H groups in total. The Morgan fingerprint density at radius 1 is 1.67 bits per heavy atom. The first kappa shape index (κ1) is 6.99. The predicted molar refractivity (Wildman–Crippen MR) is 13.1 cm³/mol. The molecule has 0 spiro atoms. The van der Waals surface area contributed by atoms with E-state index in [1.54, 1.807) is 0 Å². The van der Waals surface area contributed by atoms with Crippen LogP contribution in [0.2, 0.25) is 0 Å². The molecule has 0 aromatic heterocycles. The summed E-state index contributed by atoms with van der Waals surface area (Å²) < 4.78 is 13.2. The van der Waals surface area contributed by atoms with Crippen LogP contribution in [0.25, 0.3) is 0 Å². The molecule has 6 heteroatoms. The van der Waals surface area contributed by atoms with Gasteiger partial charge in [0.15, 0.2) is 0 Å². The van der Waals surface area contributed by atoms with E-state index in [9.17, 15) is 4.57 Å². The van der Waals surface area contributed by atoms with E-state index in [-0.39, 0.29) is 0 Å². The number of hydrogen-bond donors (Lipinski definition) is 2. The van der Waals surface area contributed by atoms with Gasteiger partial charge in [-0.15, -0.1) is 0 Å². The summed E-state index contributed by atoms with van der Waals surface area (Å²) in [5.41, 5.74) is 0. The van der Waals surface area contributed by atoms with Crippen LogP contribution in [0.1, 0.15) is 0 Å². The average molecular weight is 188 g/mol. The quantitative estimate of drug-likeness (QED) is 0.547. The molecule has 0 aromatic rings. The van der Waals surface area contributed by atoms with Crippen molar-refractivity contribution in [3.8, 4) is 0 Å². The second-order valence-electron chi connectivity index (χ2n) is 0.582. The Morgan fingerprint density at radius 3 is 1.83 bits per heavy atom. The minimum absolute atomic E-state index is 0.388. The molecule has 0 amide bonds. The van der Waals surface area contributed by atoms with Gasteiger partial charge in [0.1, 0.15) is 0 Å². The van der Waals surface area contributed by atoms with Gasteiger partial charge in [-0.05, 0) is 0 Å². The molecule has 0 aliphatic rings. The summed E-state index contributed by atoms with van der Waals surface area (Å²) >= 11 is 0.388. The SMILES string of the molecule is O=P(O)(O)[O][Zr]. The van der Waals surface area contributed by atoms with Gasteiger partial charge < -0.3 is 0 Å². The Balaban J connectivity index is 3.48. The molecule has 0 saturated heterocycles.